The normalized spacial score (nSPS) is 22.2. The Morgan fingerprint density at radius 1 is 1.42 bits per heavy atom. The van der Waals surface area contributed by atoms with Crippen molar-refractivity contribution in [2.75, 3.05) is 5.32 Å². The monoisotopic (exact) mass is 346 g/mol. The van der Waals surface area contributed by atoms with E-state index in [1.54, 1.807) is 6.20 Å². The second-order valence-electron chi connectivity index (χ2n) is 6.19. The smallest absolute Gasteiger partial charge is 0.229 e. The summed E-state index contributed by atoms with van der Waals surface area (Å²) < 4.78 is 6.91. The number of carbonyl (C=O) groups is 1. The number of aromatic nitrogens is 1. The van der Waals surface area contributed by atoms with E-state index in [1.807, 2.05) is 27.7 Å². The van der Waals surface area contributed by atoms with Crippen LogP contribution in [0.5, 0.6) is 0 Å². The number of nitrogens with zero attached hydrogens (tertiary/aromatic N) is 1. The third kappa shape index (κ3) is 4.00. The lowest BCUT2D eigenvalue weighted by atomic mass is 9.80. The highest BCUT2D eigenvalue weighted by Gasteiger charge is 2.42. The molecule has 106 valence electrons. The summed E-state index contributed by atoms with van der Waals surface area (Å²) in [7, 11) is 0. The van der Waals surface area contributed by atoms with Gasteiger partial charge in [0.25, 0.3) is 0 Å². The van der Waals surface area contributed by atoms with Gasteiger partial charge in [0.15, 0.2) is 5.13 Å². The van der Waals surface area contributed by atoms with Gasteiger partial charge < -0.3 is 10.1 Å². The number of carbonyl (C=O) groups excluding carboxylic acids is 1. The zero-order valence-corrected chi connectivity index (χ0v) is 14.0. The van der Waals surface area contributed by atoms with E-state index >= 15 is 0 Å². The maximum absolute atomic E-state index is 12.3. The number of amides is 1. The molecule has 0 bridgehead atoms. The predicted octanol–water partition coefficient (Wildman–Crippen LogP) is 3.83. The molecule has 0 aromatic carbocycles. The molecule has 2 rings (SSSR count). The number of anilines is 1. The highest BCUT2D eigenvalue weighted by molar-refractivity contribution is 9.11. The van der Waals surface area contributed by atoms with Gasteiger partial charge >= 0.3 is 0 Å². The lowest BCUT2D eigenvalue weighted by molar-refractivity contribution is -0.176. The summed E-state index contributed by atoms with van der Waals surface area (Å²) in [6, 6.07) is 0. The molecule has 1 aromatic rings. The van der Waals surface area contributed by atoms with Crippen LogP contribution < -0.4 is 5.32 Å². The summed E-state index contributed by atoms with van der Waals surface area (Å²) in [5.74, 6) is -0.00674. The molecule has 1 aliphatic heterocycles. The van der Waals surface area contributed by atoms with Crippen LogP contribution in [0, 0.1) is 5.92 Å². The van der Waals surface area contributed by atoms with Crippen molar-refractivity contribution in [2.45, 2.75) is 51.7 Å². The molecular weight excluding hydrogens is 328 g/mol. The molecule has 1 aromatic heterocycles. The standard InChI is InChI=1S/C13H19BrN2O2S/c1-12(2)5-8(6-13(3,4)18-12)10(17)16-11-15-7-9(14)19-11/h7-8H,5-6H2,1-4H3,(H,15,16,17). The third-order valence-electron chi connectivity index (χ3n) is 3.11. The van der Waals surface area contributed by atoms with E-state index in [2.05, 4.69) is 26.2 Å². The first-order chi connectivity index (χ1) is 8.67. The van der Waals surface area contributed by atoms with Crippen molar-refractivity contribution in [2.24, 2.45) is 5.92 Å². The molecule has 0 spiro atoms. The van der Waals surface area contributed by atoms with Crippen molar-refractivity contribution in [3.8, 4) is 0 Å². The molecule has 2 heterocycles. The fourth-order valence-corrected chi connectivity index (χ4v) is 3.90. The minimum absolute atomic E-state index is 0.0336. The summed E-state index contributed by atoms with van der Waals surface area (Å²) >= 11 is 4.76. The number of hydrogen-bond acceptors (Lipinski definition) is 4. The van der Waals surface area contributed by atoms with Gasteiger partial charge in [-0.2, -0.15) is 0 Å². The van der Waals surface area contributed by atoms with Gasteiger partial charge in [-0.15, -0.1) is 0 Å². The summed E-state index contributed by atoms with van der Waals surface area (Å²) in [6.45, 7) is 8.14. The summed E-state index contributed by atoms with van der Waals surface area (Å²) in [5, 5.41) is 3.53. The molecule has 0 unspecified atom stereocenters. The topological polar surface area (TPSA) is 51.2 Å². The Kier molecular flexibility index (Phi) is 4.05. The maximum atomic E-state index is 12.3. The first-order valence-electron chi connectivity index (χ1n) is 6.29. The summed E-state index contributed by atoms with van der Waals surface area (Å²) in [5.41, 5.74) is -0.541. The van der Waals surface area contributed by atoms with Crippen LogP contribution in [0.25, 0.3) is 0 Å². The number of rotatable bonds is 2. The van der Waals surface area contributed by atoms with Gasteiger partial charge in [0.05, 0.1) is 21.2 Å². The molecule has 19 heavy (non-hydrogen) atoms. The lowest BCUT2D eigenvalue weighted by Crippen LogP contribution is -2.48. The van der Waals surface area contributed by atoms with Gasteiger partial charge in [-0.1, -0.05) is 11.3 Å². The van der Waals surface area contributed by atoms with E-state index in [-0.39, 0.29) is 23.0 Å². The van der Waals surface area contributed by atoms with Crippen molar-refractivity contribution in [1.82, 2.24) is 4.98 Å². The van der Waals surface area contributed by atoms with Gasteiger partial charge in [-0.05, 0) is 56.5 Å². The molecule has 1 aliphatic rings. The second kappa shape index (κ2) is 5.14. The number of ether oxygens (including phenoxy) is 1. The van der Waals surface area contributed by atoms with Crippen molar-refractivity contribution >= 4 is 38.3 Å². The Morgan fingerprint density at radius 2 is 2.00 bits per heavy atom. The van der Waals surface area contributed by atoms with Crippen LogP contribution in [0.2, 0.25) is 0 Å². The Bertz CT molecular complexity index is 469. The van der Waals surface area contributed by atoms with Crippen LogP contribution in [-0.4, -0.2) is 22.1 Å². The first-order valence-corrected chi connectivity index (χ1v) is 7.90. The average Bonchev–Trinajstić information content (AvgIpc) is 2.59. The summed E-state index contributed by atoms with van der Waals surface area (Å²) in [4.78, 5) is 16.5. The van der Waals surface area contributed by atoms with Crippen LogP contribution in [0.1, 0.15) is 40.5 Å². The quantitative estimate of drug-likeness (QED) is 0.885. The highest BCUT2D eigenvalue weighted by Crippen LogP contribution is 2.39. The Labute approximate surface area is 126 Å². The van der Waals surface area contributed by atoms with Crippen LogP contribution in [-0.2, 0) is 9.53 Å². The van der Waals surface area contributed by atoms with E-state index < -0.39 is 0 Å². The number of nitrogens with one attached hydrogen (secondary N) is 1. The molecule has 1 amide bonds. The highest BCUT2D eigenvalue weighted by atomic mass is 79.9. The van der Waals surface area contributed by atoms with Gasteiger partial charge in [0, 0.05) is 5.92 Å². The Morgan fingerprint density at radius 3 is 2.47 bits per heavy atom. The van der Waals surface area contributed by atoms with Crippen LogP contribution in [0.4, 0.5) is 5.13 Å². The molecule has 0 atom stereocenters. The van der Waals surface area contributed by atoms with E-state index in [4.69, 9.17) is 4.74 Å². The lowest BCUT2D eigenvalue weighted by Gasteiger charge is -2.44. The Balaban J connectivity index is 2.06. The van der Waals surface area contributed by atoms with Gasteiger partial charge in [-0.25, -0.2) is 4.98 Å². The van der Waals surface area contributed by atoms with Crippen LogP contribution in [0.15, 0.2) is 9.98 Å². The zero-order valence-electron chi connectivity index (χ0n) is 11.6. The minimum atomic E-state index is -0.271. The maximum Gasteiger partial charge on any atom is 0.229 e. The largest absolute Gasteiger partial charge is 0.370 e. The van der Waals surface area contributed by atoms with Gasteiger partial charge in [-0.3, -0.25) is 4.79 Å². The SMILES string of the molecule is CC1(C)CC(C(=O)Nc2ncc(Br)s2)CC(C)(C)O1. The molecule has 0 saturated carbocycles. The zero-order chi connectivity index (χ0) is 14.3. The van der Waals surface area contributed by atoms with Crippen LogP contribution >= 0.6 is 27.3 Å². The van der Waals surface area contributed by atoms with Gasteiger partial charge in [0.1, 0.15) is 0 Å². The van der Waals surface area contributed by atoms with Crippen molar-refractivity contribution in [1.29, 1.82) is 0 Å². The minimum Gasteiger partial charge on any atom is -0.370 e. The fourth-order valence-electron chi connectivity index (χ4n) is 2.80. The predicted molar refractivity (Wildman–Crippen MR) is 80.4 cm³/mol. The molecule has 4 nitrogen and oxygen atoms in total. The molecule has 0 aliphatic carbocycles. The average molecular weight is 347 g/mol. The van der Waals surface area contributed by atoms with E-state index in [9.17, 15) is 4.79 Å². The number of thiazole rings is 1. The van der Waals surface area contributed by atoms with Crippen molar-refractivity contribution < 1.29 is 9.53 Å². The van der Waals surface area contributed by atoms with Gasteiger partial charge in [0.2, 0.25) is 5.91 Å². The van der Waals surface area contributed by atoms with Crippen molar-refractivity contribution in [3.63, 3.8) is 0 Å². The molecular formula is C13H19BrN2O2S. The summed E-state index contributed by atoms with van der Waals surface area (Å²) in [6.07, 6.45) is 3.15. The number of halogens is 1. The second-order valence-corrected chi connectivity index (χ2v) is 8.60. The fraction of sp³-hybridized carbons (Fsp3) is 0.692. The van der Waals surface area contributed by atoms with E-state index in [1.165, 1.54) is 11.3 Å². The molecule has 1 fully saturated rings. The van der Waals surface area contributed by atoms with E-state index in [0.717, 1.165) is 16.6 Å². The first kappa shape index (κ1) is 14.9. The molecule has 1 saturated heterocycles. The van der Waals surface area contributed by atoms with Crippen molar-refractivity contribution in [3.05, 3.63) is 9.98 Å². The molecule has 6 heteroatoms. The molecule has 1 N–H and O–H groups in total. The van der Waals surface area contributed by atoms with E-state index in [0.29, 0.717) is 5.13 Å². The van der Waals surface area contributed by atoms with Crippen LogP contribution in [0.3, 0.4) is 0 Å². The molecule has 0 radical (unpaired) electrons. The number of hydrogen-bond donors (Lipinski definition) is 1. The Hall–Kier alpha value is -0.460. The third-order valence-corrected chi connectivity index (χ3v) is 4.50.